The Labute approximate surface area is 187 Å². The number of aromatic nitrogens is 1. The summed E-state index contributed by atoms with van der Waals surface area (Å²) in [6, 6.07) is 12.4. The Morgan fingerprint density at radius 3 is 2.34 bits per heavy atom. The molecule has 6 nitrogen and oxygen atoms in total. The van der Waals surface area contributed by atoms with Gasteiger partial charge in [0.2, 0.25) is 5.75 Å². The maximum absolute atomic E-state index is 13.3. The highest BCUT2D eigenvalue weighted by Gasteiger charge is 2.27. The van der Waals surface area contributed by atoms with Crippen molar-refractivity contribution in [2.45, 2.75) is 38.3 Å². The summed E-state index contributed by atoms with van der Waals surface area (Å²) in [7, 11) is 4.86. The zero-order chi connectivity index (χ0) is 22.5. The fraction of sp³-hybridized carbons (Fsp3) is 0.400. The van der Waals surface area contributed by atoms with Gasteiger partial charge in [-0.1, -0.05) is 18.0 Å². The van der Waals surface area contributed by atoms with Crippen LogP contribution < -0.4 is 14.2 Å². The minimum Gasteiger partial charge on any atom is -0.493 e. The van der Waals surface area contributed by atoms with Crippen molar-refractivity contribution in [3.63, 3.8) is 0 Å². The Morgan fingerprint density at radius 1 is 0.969 bits per heavy atom. The van der Waals surface area contributed by atoms with Crippen molar-refractivity contribution in [3.05, 3.63) is 59.5 Å². The van der Waals surface area contributed by atoms with Gasteiger partial charge in [-0.25, -0.2) is 4.39 Å². The number of benzene rings is 2. The molecule has 0 spiro atoms. The number of hydrogen-bond acceptors (Lipinski definition) is 6. The van der Waals surface area contributed by atoms with Crippen LogP contribution in [0.1, 0.15) is 43.0 Å². The number of rotatable bonds is 7. The Hall–Kier alpha value is -3.06. The average molecular weight is 441 g/mol. The van der Waals surface area contributed by atoms with Crippen molar-refractivity contribution in [1.29, 1.82) is 0 Å². The van der Waals surface area contributed by atoms with Gasteiger partial charge in [-0.2, -0.15) is 0 Å². The summed E-state index contributed by atoms with van der Waals surface area (Å²) in [6.45, 7) is 1.68. The molecule has 1 atom stereocenters. The van der Waals surface area contributed by atoms with Crippen molar-refractivity contribution < 1.29 is 23.1 Å². The molecule has 4 rings (SSSR count). The lowest BCUT2D eigenvalue weighted by Crippen LogP contribution is -2.28. The van der Waals surface area contributed by atoms with Gasteiger partial charge >= 0.3 is 0 Å². The van der Waals surface area contributed by atoms with Gasteiger partial charge in [0.1, 0.15) is 11.5 Å². The lowest BCUT2D eigenvalue weighted by atomic mass is 10.0. The molecular weight excluding hydrogens is 411 g/mol. The molecule has 32 heavy (non-hydrogen) atoms. The molecule has 7 heteroatoms. The number of halogens is 1. The Bertz CT molecular complexity index is 1010. The molecule has 0 N–H and O–H groups in total. The summed E-state index contributed by atoms with van der Waals surface area (Å²) in [5.41, 5.74) is 2.79. The van der Waals surface area contributed by atoms with Crippen molar-refractivity contribution in [2.75, 3.05) is 27.9 Å². The first-order chi connectivity index (χ1) is 15.6. The van der Waals surface area contributed by atoms with Gasteiger partial charge in [-0.15, -0.1) is 0 Å². The van der Waals surface area contributed by atoms with Gasteiger partial charge in [0, 0.05) is 18.2 Å². The van der Waals surface area contributed by atoms with E-state index in [-0.39, 0.29) is 11.9 Å². The molecule has 1 aliphatic heterocycles. The van der Waals surface area contributed by atoms with Crippen LogP contribution in [0.3, 0.4) is 0 Å². The largest absolute Gasteiger partial charge is 0.493 e. The van der Waals surface area contributed by atoms with E-state index in [9.17, 15) is 4.39 Å². The van der Waals surface area contributed by atoms with Crippen LogP contribution >= 0.6 is 0 Å². The van der Waals surface area contributed by atoms with E-state index < -0.39 is 0 Å². The molecule has 0 radical (unpaired) electrons. The maximum atomic E-state index is 13.3. The molecule has 1 aliphatic rings. The molecule has 0 aliphatic carbocycles. The van der Waals surface area contributed by atoms with Crippen LogP contribution in [0, 0.1) is 5.82 Å². The van der Waals surface area contributed by atoms with Crippen LogP contribution in [0.25, 0.3) is 11.3 Å². The summed E-state index contributed by atoms with van der Waals surface area (Å²) in [5, 5.41) is 4.39. The van der Waals surface area contributed by atoms with Crippen LogP contribution in [0.4, 0.5) is 4.39 Å². The summed E-state index contributed by atoms with van der Waals surface area (Å²) in [4.78, 5) is 2.43. The number of hydrogen-bond donors (Lipinski definition) is 0. The van der Waals surface area contributed by atoms with E-state index >= 15 is 0 Å². The van der Waals surface area contributed by atoms with Crippen molar-refractivity contribution in [2.24, 2.45) is 0 Å². The van der Waals surface area contributed by atoms with E-state index in [0.29, 0.717) is 23.0 Å². The molecule has 1 aromatic heterocycles. The van der Waals surface area contributed by atoms with E-state index in [0.717, 1.165) is 49.2 Å². The number of nitrogens with zero attached hydrogens (tertiary/aromatic N) is 2. The molecule has 0 unspecified atom stereocenters. The highest BCUT2D eigenvalue weighted by molar-refractivity contribution is 5.57. The van der Waals surface area contributed by atoms with E-state index in [4.69, 9.17) is 18.7 Å². The van der Waals surface area contributed by atoms with Gasteiger partial charge < -0.3 is 18.7 Å². The van der Waals surface area contributed by atoms with E-state index in [1.54, 1.807) is 33.5 Å². The minimum absolute atomic E-state index is 0.134. The predicted molar refractivity (Wildman–Crippen MR) is 120 cm³/mol. The molecule has 170 valence electrons. The summed E-state index contributed by atoms with van der Waals surface area (Å²) in [5.74, 6) is 2.26. The molecular formula is C25H29FN2O4. The number of likely N-dealkylation sites (tertiary alicyclic amines) is 1. The number of methoxy groups -OCH3 is 3. The molecule has 1 fully saturated rings. The quantitative estimate of drug-likeness (QED) is 0.475. The Morgan fingerprint density at radius 2 is 1.69 bits per heavy atom. The van der Waals surface area contributed by atoms with Crippen LogP contribution in [0.15, 0.2) is 47.0 Å². The predicted octanol–water partition coefficient (Wildman–Crippen LogP) is 5.62. The van der Waals surface area contributed by atoms with E-state index in [1.165, 1.54) is 18.6 Å². The molecule has 2 heterocycles. The molecule has 0 saturated carbocycles. The second kappa shape index (κ2) is 10.0. The van der Waals surface area contributed by atoms with Gasteiger partial charge in [0.25, 0.3) is 0 Å². The Kier molecular flexibility index (Phi) is 6.95. The molecule has 0 amide bonds. The van der Waals surface area contributed by atoms with Crippen LogP contribution in [-0.4, -0.2) is 37.9 Å². The number of ether oxygens (including phenoxy) is 3. The third-order valence-corrected chi connectivity index (χ3v) is 5.97. The Balaban J connectivity index is 1.61. The first-order valence-corrected chi connectivity index (χ1v) is 10.9. The van der Waals surface area contributed by atoms with Crippen molar-refractivity contribution >= 4 is 0 Å². The zero-order valence-electron chi connectivity index (χ0n) is 18.8. The highest BCUT2D eigenvalue weighted by Crippen LogP contribution is 2.40. The van der Waals surface area contributed by atoms with E-state index in [2.05, 4.69) is 10.1 Å². The molecule has 0 bridgehead atoms. The average Bonchev–Trinajstić information content (AvgIpc) is 3.19. The fourth-order valence-corrected chi connectivity index (χ4v) is 4.35. The van der Waals surface area contributed by atoms with Crippen molar-refractivity contribution in [1.82, 2.24) is 10.1 Å². The lowest BCUT2D eigenvalue weighted by Gasteiger charge is -2.28. The van der Waals surface area contributed by atoms with Crippen LogP contribution in [-0.2, 0) is 6.54 Å². The third-order valence-electron chi connectivity index (χ3n) is 5.97. The second-order valence-corrected chi connectivity index (χ2v) is 7.99. The normalized spacial score (nSPS) is 17.1. The van der Waals surface area contributed by atoms with Crippen LogP contribution in [0.2, 0.25) is 0 Å². The summed E-state index contributed by atoms with van der Waals surface area (Å²) >= 11 is 0. The molecule has 3 aromatic rings. The van der Waals surface area contributed by atoms with Gasteiger partial charge in [-0.05, 0) is 61.3 Å². The van der Waals surface area contributed by atoms with Gasteiger partial charge in [-0.3, -0.25) is 4.90 Å². The molecule has 1 saturated heterocycles. The minimum atomic E-state index is -0.270. The topological polar surface area (TPSA) is 57.0 Å². The van der Waals surface area contributed by atoms with Crippen molar-refractivity contribution in [3.8, 4) is 28.6 Å². The third kappa shape index (κ3) is 4.72. The fourth-order valence-electron chi connectivity index (χ4n) is 4.35. The summed E-state index contributed by atoms with van der Waals surface area (Å²) < 4.78 is 35.4. The SMILES string of the molecule is COc1cc(CN2CCCCC[C@@H]2c2cc(-c3ccc(F)cc3)on2)cc(OC)c1OC. The maximum Gasteiger partial charge on any atom is 0.203 e. The monoisotopic (exact) mass is 440 g/mol. The zero-order valence-corrected chi connectivity index (χ0v) is 18.8. The summed E-state index contributed by atoms with van der Waals surface area (Å²) in [6.07, 6.45) is 4.45. The second-order valence-electron chi connectivity index (χ2n) is 7.99. The smallest absolute Gasteiger partial charge is 0.203 e. The molecule has 2 aromatic carbocycles. The highest BCUT2D eigenvalue weighted by atomic mass is 19.1. The van der Waals surface area contributed by atoms with Gasteiger partial charge in [0.05, 0.1) is 27.4 Å². The van der Waals surface area contributed by atoms with Gasteiger partial charge in [0.15, 0.2) is 17.3 Å². The standard InChI is InChI=1S/C25H29FN2O4/c1-29-23-13-17(14-24(30-2)25(23)31-3)16-28-12-6-4-5-7-21(28)20-15-22(32-27-20)18-8-10-19(26)11-9-18/h8-11,13-15,21H,4-7,12,16H2,1-3H3/t21-/m1/s1. The first-order valence-electron chi connectivity index (χ1n) is 10.9. The first kappa shape index (κ1) is 22.1. The van der Waals surface area contributed by atoms with Crippen LogP contribution in [0.5, 0.6) is 17.2 Å². The van der Waals surface area contributed by atoms with E-state index in [1.807, 2.05) is 18.2 Å². The lowest BCUT2D eigenvalue weighted by molar-refractivity contribution is 0.183.